The first-order valence-electron chi connectivity index (χ1n) is 13.0. The van der Waals surface area contributed by atoms with Gasteiger partial charge in [0.25, 0.3) is 0 Å². The van der Waals surface area contributed by atoms with Crippen LogP contribution in [0.25, 0.3) is 0 Å². The molecule has 1 heterocycles. The predicted molar refractivity (Wildman–Crippen MR) is 139 cm³/mol. The van der Waals surface area contributed by atoms with Gasteiger partial charge in [-0.25, -0.2) is 9.18 Å². The minimum absolute atomic E-state index is 0.169. The van der Waals surface area contributed by atoms with Crippen molar-refractivity contribution < 1.29 is 38.2 Å². The lowest BCUT2D eigenvalue weighted by Crippen LogP contribution is -2.65. The molecule has 1 aliphatic rings. The number of hydrogen-bond donors (Lipinski definition) is 1. The fourth-order valence-electron chi connectivity index (χ4n) is 4.10. The lowest BCUT2D eigenvalue weighted by molar-refractivity contribution is -0.536. The Labute approximate surface area is 224 Å². The van der Waals surface area contributed by atoms with E-state index >= 15 is 0 Å². The van der Waals surface area contributed by atoms with E-state index in [4.69, 9.17) is 18.9 Å². The smallest absolute Gasteiger partial charge is 0.411 e. The third kappa shape index (κ3) is 9.36. The van der Waals surface area contributed by atoms with Gasteiger partial charge in [-0.3, -0.25) is 15.0 Å². The maximum atomic E-state index is 14.2. The summed E-state index contributed by atoms with van der Waals surface area (Å²) in [4.78, 5) is 26.0. The third-order valence-corrected chi connectivity index (χ3v) is 5.81. The van der Waals surface area contributed by atoms with Crippen molar-refractivity contribution in [1.82, 2.24) is 4.90 Å². The molecule has 0 aliphatic carbocycles. The van der Waals surface area contributed by atoms with Gasteiger partial charge >= 0.3 is 6.09 Å². The Morgan fingerprint density at radius 2 is 1.92 bits per heavy atom. The maximum absolute atomic E-state index is 14.2. The number of hydrogen-bond acceptors (Lipinski definition) is 8. The zero-order valence-corrected chi connectivity index (χ0v) is 23.7. The van der Waals surface area contributed by atoms with Crippen LogP contribution in [-0.2, 0) is 20.6 Å². The molecule has 0 saturated carbocycles. The first kappa shape index (κ1) is 31.7. The van der Waals surface area contributed by atoms with Crippen LogP contribution >= 0.6 is 0 Å². The zero-order valence-electron chi connectivity index (χ0n) is 23.7. The fourth-order valence-corrected chi connectivity index (χ4v) is 4.10. The summed E-state index contributed by atoms with van der Waals surface area (Å²) >= 11 is 0. The Kier molecular flexibility index (Phi) is 10.9. The number of aliphatic hydroxyl groups excluding tert-OH is 1. The van der Waals surface area contributed by atoms with E-state index in [1.165, 1.54) is 23.1 Å². The molecule has 0 aromatic heterocycles. The SMILES string of the molecule is CCCOc1cc(F)cc(CC(C(O)C2COC(OCC(C)(C)C)C(C)N2C(=O)OC(C)(C)C)[N+](=O)[O-])c1. The van der Waals surface area contributed by atoms with E-state index in [9.17, 15) is 24.4 Å². The van der Waals surface area contributed by atoms with Gasteiger partial charge in [0.05, 0.1) is 31.9 Å². The second-order valence-electron chi connectivity index (χ2n) is 12.0. The van der Waals surface area contributed by atoms with E-state index in [-0.39, 0.29) is 29.8 Å². The van der Waals surface area contributed by atoms with Crippen LogP contribution in [0.5, 0.6) is 5.75 Å². The topological polar surface area (TPSA) is 121 Å². The highest BCUT2D eigenvalue weighted by Gasteiger charge is 2.48. The van der Waals surface area contributed by atoms with Gasteiger partial charge < -0.3 is 24.1 Å². The molecule has 0 radical (unpaired) electrons. The summed E-state index contributed by atoms with van der Waals surface area (Å²) in [5.41, 5.74) is -0.722. The van der Waals surface area contributed by atoms with E-state index < -0.39 is 53.0 Å². The van der Waals surface area contributed by atoms with Crippen LogP contribution in [0.4, 0.5) is 9.18 Å². The van der Waals surface area contributed by atoms with Gasteiger partial charge in [-0.1, -0.05) is 27.7 Å². The Bertz CT molecular complexity index is 946. The van der Waals surface area contributed by atoms with Crippen molar-refractivity contribution in [2.45, 2.75) is 104 Å². The molecule has 5 atom stereocenters. The lowest BCUT2D eigenvalue weighted by atomic mass is 9.94. The van der Waals surface area contributed by atoms with Crippen molar-refractivity contribution in [1.29, 1.82) is 0 Å². The van der Waals surface area contributed by atoms with Crippen LogP contribution in [0.2, 0.25) is 0 Å². The van der Waals surface area contributed by atoms with Gasteiger partial charge in [0.2, 0.25) is 6.04 Å². The summed E-state index contributed by atoms with van der Waals surface area (Å²) in [6.07, 6.45) is -2.79. The van der Waals surface area contributed by atoms with Crippen molar-refractivity contribution in [2.75, 3.05) is 19.8 Å². The average molecular weight is 543 g/mol. The van der Waals surface area contributed by atoms with E-state index in [1.54, 1.807) is 27.7 Å². The molecule has 1 aliphatic heterocycles. The molecular weight excluding hydrogens is 499 g/mol. The molecule has 1 fully saturated rings. The first-order valence-corrected chi connectivity index (χ1v) is 13.0. The molecule has 38 heavy (non-hydrogen) atoms. The normalized spacial score (nSPS) is 22.1. The number of ether oxygens (including phenoxy) is 4. The summed E-state index contributed by atoms with van der Waals surface area (Å²) in [5, 5.41) is 23.4. The molecule has 5 unspecified atom stereocenters. The first-order chi connectivity index (χ1) is 17.5. The second kappa shape index (κ2) is 13.0. The van der Waals surface area contributed by atoms with Crippen LogP contribution in [-0.4, -0.2) is 77.0 Å². The number of benzene rings is 1. The number of nitrogens with zero attached hydrogens (tertiary/aromatic N) is 2. The number of carbonyl (C=O) groups excluding carboxylic acids is 1. The second-order valence-corrected chi connectivity index (χ2v) is 12.0. The lowest BCUT2D eigenvalue weighted by Gasteiger charge is -2.46. The van der Waals surface area contributed by atoms with Gasteiger partial charge in [0, 0.05) is 17.4 Å². The maximum Gasteiger partial charge on any atom is 0.411 e. The minimum Gasteiger partial charge on any atom is -0.493 e. The number of amides is 1. The van der Waals surface area contributed by atoms with E-state index in [1.807, 2.05) is 27.7 Å². The molecule has 216 valence electrons. The third-order valence-electron chi connectivity index (χ3n) is 5.81. The Hall–Kier alpha value is -2.50. The predicted octanol–water partition coefficient (Wildman–Crippen LogP) is 4.58. The zero-order chi connectivity index (χ0) is 28.8. The number of aliphatic hydroxyl groups is 1. The van der Waals surface area contributed by atoms with Crippen molar-refractivity contribution in [3.05, 3.63) is 39.7 Å². The van der Waals surface area contributed by atoms with Crippen molar-refractivity contribution in [3.8, 4) is 5.75 Å². The summed E-state index contributed by atoms with van der Waals surface area (Å²) in [6.45, 7) is 15.2. The largest absolute Gasteiger partial charge is 0.493 e. The highest BCUT2D eigenvalue weighted by atomic mass is 19.1. The monoisotopic (exact) mass is 542 g/mol. The average Bonchev–Trinajstić information content (AvgIpc) is 2.77. The van der Waals surface area contributed by atoms with Crippen LogP contribution in [0.15, 0.2) is 18.2 Å². The van der Waals surface area contributed by atoms with E-state index in [0.29, 0.717) is 19.6 Å². The Morgan fingerprint density at radius 3 is 2.47 bits per heavy atom. The molecule has 1 aromatic carbocycles. The summed E-state index contributed by atoms with van der Waals surface area (Å²) < 4.78 is 37.1. The molecule has 2 rings (SSSR count). The number of halogens is 1. The molecule has 0 bridgehead atoms. The molecular formula is C27H43FN2O8. The van der Waals surface area contributed by atoms with Crippen LogP contribution in [0, 0.1) is 21.3 Å². The van der Waals surface area contributed by atoms with Crippen molar-refractivity contribution >= 4 is 6.09 Å². The Morgan fingerprint density at radius 1 is 1.26 bits per heavy atom. The Balaban J connectivity index is 2.34. The molecule has 1 saturated heterocycles. The van der Waals surface area contributed by atoms with Gasteiger partial charge in [-0.05, 0) is 57.2 Å². The summed E-state index contributed by atoms with van der Waals surface area (Å²) in [5.74, 6) is -0.351. The molecule has 10 nitrogen and oxygen atoms in total. The highest BCUT2D eigenvalue weighted by molar-refractivity contribution is 5.69. The number of rotatable bonds is 10. The van der Waals surface area contributed by atoms with Gasteiger partial charge in [0.1, 0.15) is 23.3 Å². The quantitative estimate of drug-likeness (QED) is 0.337. The van der Waals surface area contributed by atoms with Gasteiger partial charge in [-0.15, -0.1) is 0 Å². The summed E-state index contributed by atoms with van der Waals surface area (Å²) in [7, 11) is 0. The van der Waals surface area contributed by atoms with Crippen LogP contribution in [0.1, 0.15) is 67.4 Å². The number of nitro groups is 1. The number of morpholine rings is 1. The van der Waals surface area contributed by atoms with Crippen molar-refractivity contribution in [3.63, 3.8) is 0 Å². The molecule has 1 N–H and O–H groups in total. The van der Waals surface area contributed by atoms with E-state index in [2.05, 4.69) is 0 Å². The van der Waals surface area contributed by atoms with Crippen LogP contribution in [0.3, 0.4) is 0 Å². The standard InChI is InChI=1S/C27H43FN2O8/c1-9-10-35-20-12-18(11-19(28)14-20)13-21(30(33)34)23(31)22-15-36-24(37-16-26(3,4)5)17(2)29(22)25(32)38-27(6,7)8/h11-12,14,17,21-24,31H,9-10,13,15-16H2,1-8H3. The molecule has 1 amide bonds. The summed E-state index contributed by atoms with van der Waals surface area (Å²) in [6, 6.07) is 0.516. The van der Waals surface area contributed by atoms with Gasteiger partial charge in [-0.2, -0.15) is 0 Å². The molecule has 0 spiro atoms. The minimum atomic E-state index is -1.65. The van der Waals surface area contributed by atoms with E-state index in [0.717, 1.165) is 0 Å². The van der Waals surface area contributed by atoms with Crippen LogP contribution < -0.4 is 4.74 Å². The highest BCUT2D eigenvalue weighted by Crippen LogP contribution is 2.29. The molecule has 11 heteroatoms. The van der Waals surface area contributed by atoms with Crippen molar-refractivity contribution in [2.24, 2.45) is 5.41 Å². The fraction of sp³-hybridized carbons (Fsp3) is 0.741. The molecule has 1 aromatic rings. The number of carbonyl (C=O) groups is 1. The van der Waals surface area contributed by atoms with Gasteiger partial charge in [0.15, 0.2) is 6.29 Å².